The van der Waals surface area contributed by atoms with Crippen LogP contribution in [0.3, 0.4) is 0 Å². The third-order valence-electron chi connectivity index (χ3n) is 0.956. The molecule has 0 spiro atoms. The molecule has 8 heavy (non-hydrogen) atoms. The van der Waals surface area contributed by atoms with Crippen LogP contribution in [0.4, 0.5) is 0 Å². The molecular formula is C6H11O2. The van der Waals surface area contributed by atoms with Crippen molar-refractivity contribution < 1.29 is 9.90 Å². The maximum absolute atomic E-state index is 10.3. The number of hydrogen-bond donors (Lipinski definition) is 1. The Morgan fingerprint density at radius 1 is 1.75 bits per heavy atom. The highest BCUT2D eigenvalue weighted by atomic mass is 16.3. The molecule has 0 aliphatic carbocycles. The lowest BCUT2D eigenvalue weighted by molar-refractivity contribution is -0.126. The lowest BCUT2D eigenvalue weighted by Gasteiger charge is -2.08. The minimum atomic E-state index is -0.880. The number of aliphatic hydroxyl groups excluding tert-OH is 1. The first-order chi connectivity index (χ1) is 3.55. The second kappa shape index (κ2) is 2.82. The van der Waals surface area contributed by atoms with Gasteiger partial charge in [-0.25, -0.2) is 0 Å². The zero-order valence-corrected chi connectivity index (χ0v) is 5.22. The molecule has 0 saturated heterocycles. The highest BCUT2D eigenvalue weighted by Crippen LogP contribution is 1.99. The van der Waals surface area contributed by atoms with E-state index in [1.165, 1.54) is 6.92 Å². The average molecular weight is 115 g/mol. The largest absolute Gasteiger partial charge is 0.385 e. The maximum Gasteiger partial charge on any atom is 0.158 e. The molecule has 0 aromatic carbocycles. The summed E-state index contributed by atoms with van der Waals surface area (Å²) in [6.07, 6.45) is -0.880. The Labute approximate surface area is 49.5 Å². The van der Waals surface area contributed by atoms with Crippen LogP contribution >= 0.6 is 0 Å². The van der Waals surface area contributed by atoms with Gasteiger partial charge in [0.2, 0.25) is 0 Å². The van der Waals surface area contributed by atoms with Crippen molar-refractivity contribution in [3.05, 3.63) is 6.92 Å². The Hall–Kier alpha value is -0.370. The molecule has 0 fully saturated rings. The monoisotopic (exact) mass is 115 g/mol. The SMILES string of the molecule is [CH2]C(C)C(O)C(C)=O. The highest BCUT2D eigenvalue weighted by molar-refractivity contribution is 5.80. The van der Waals surface area contributed by atoms with Crippen LogP contribution in [0.2, 0.25) is 0 Å². The predicted molar refractivity (Wildman–Crippen MR) is 31.2 cm³/mol. The van der Waals surface area contributed by atoms with Crippen molar-refractivity contribution in [1.82, 2.24) is 0 Å². The van der Waals surface area contributed by atoms with Crippen LogP contribution in [0, 0.1) is 12.8 Å². The number of carbonyl (C=O) groups is 1. The van der Waals surface area contributed by atoms with Gasteiger partial charge in [0.25, 0.3) is 0 Å². The van der Waals surface area contributed by atoms with E-state index in [-0.39, 0.29) is 11.7 Å². The highest BCUT2D eigenvalue weighted by Gasteiger charge is 2.12. The van der Waals surface area contributed by atoms with Crippen LogP contribution in [0.5, 0.6) is 0 Å². The zero-order chi connectivity index (χ0) is 6.73. The Kier molecular flexibility index (Phi) is 2.69. The number of carbonyl (C=O) groups excluding carboxylic acids is 1. The standard InChI is InChI=1S/C6H11O2/c1-4(2)6(8)5(3)7/h4,6,8H,1H2,2-3H3. The number of Topliss-reactive ketones (excluding diaryl/α,β-unsaturated/α-hetero) is 1. The predicted octanol–water partition coefficient (Wildman–Crippen LogP) is 0.406. The van der Waals surface area contributed by atoms with Crippen molar-refractivity contribution in [2.24, 2.45) is 5.92 Å². The molecule has 0 aromatic rings. The summed E-state index contributed by atoms with van der Waals surface area (Å²) in [5.41, 5.74) is 0. The molecule has 0 aliphatic heterocycles. The summed E-state index contributed by atoms with van der Waals surface area (Å²) >= 11 is 0. The maximum atomic E-state index is 10.3. The van der Waals surface area contributed by atoms with Gasteiger partial charge in [-0.3, -0.25) is 4.79 Å². The van der Waals surface area contributed by atoms with Crippen molar-refractivity contribution in [2.45, 2.75) is 20.0 Å². The molecule has 1 N–H and O–H groups in total. The number of hydrogen-bond acceptors (Lipinski definition) is 2. The molecule has 1 radical (unpaired) electrons. The van der Waals surface area contributed by atoms with E-state index >= 15 is 0 Å². The van der Waals surface area contributed by atoms with E-state index in [1.807, 2.05) is 0 Å². The number of ketones is 1. The molecule has 47 valence electrons. The molecule has 2 unspecified atom stereocenters. The first kappa shape index (κ1) is 7.63. The van der Waals surface area contributed by atoms with E-state index in [0.29, 0.717) is 0 Å². The van der Waals surface area contributed by atoms with E-state index in [4.69, 9.17) is 5.11 Å². The number of rotatable bonds is 2. The van der Waals surface area contributed by atoms with Crippen molar-refractivity contribution in [1.29, 1.82) is 0 Å². The van der Waals surface area contributed by atoms with Gasteiger partial charge in [-0.15, -0.1) is 0 Å². The summed E-state index contributed by atoms with van der Waals surface area (Å²) < 4.78 is 0. The van der Waals surface area contributed by atoms with Crippen molar-refractivity contribution >= 4 is 5.78 Å². The van der Waals surface area contributed by atoms with Crippen LogP contribution < -0.4 is 0 Å². The Balaban J connectivity index is 3.64. The molecule has 0 bridgehead atoms. The lowest BCUT2D eigenvalue weighted by atomic mass is 10.1. The fraction of sp³-hybridized carbons (Fsp3) is 0.667. The number of aliphatic hydroxyl groups is 1. The summed E-state index contributed by atoms with van der Waals surface area (Å²) in [6.45, 7) is 6.54. The van der Waals surface area contributed by atoms with Crippen molar-refractivity contribution in [3.8, 4) is 0 Å². The molecule has 0 aromatic heterocycles. The summed E-state index contributed by atoms with van der Waals surface area (Å²) in [7, 11) is 0. The fourth-order valence-electron chi connectivity index (χ4n) is 0.401. The van der Waals surface area contributed by atoms with Gasteiger partial charge in [-0.1, -0.05) is 6.92 Å². The molecule has 0 saturated carbocycles. The topological polar surface area (TPSA) is 37.3 Å². The van der Waals surface area contributed by atoms with Gasteiger partial charge in [-0.2, -0.15) is 0 Å². The van der Waals surface area contributed by atoms with Gasteiger partial charge >= 0.3 is 0 Å². The first-order valence-electron chi connectivity index (χ1n) is 2.57. The van der Waals surface area contributed by atoms with Crippen LogP contribution in [0.15, 0.2) is 0 Å². The Bertz CT molecular complexity index is 86.5. The van der Waals surface area contributed by atoms with E-state index in [0.717, 1.165) is 0 Å². The molecule has 0 aliphatic rings. The molecule has 2 heteroatoms. The van der Waals surface area contributed by atoms with Crippen LogP contribution in [0.1, 0.15) is 13.8 Å². The van der Waals surface area contributed by atoms with E-state index in [2.05, 4.69) is 6.92 Å². The molecule has 2 atom stereocenters. The Morgan fingerprint density at radius 3 is 2.12 bits per heavy atom. The second-order valence-electron chi connectivity index (χ2n) is 2.03. The van der Waals surface area contributed by atoms with Crippen molar-refractivity contribution in [3.63, 3.8) is 0 Å². The van der Waals surface area contributed by atoms with Gasteiger partial charge in [0, 0.05) is 0 Å². The fourth-order valence-corrected chi connectivity index (χ4v) is 0.401. The van der Waals surface area contributed by atoms with Crippen LogP contribution in [-0.4, -0.2) is 17.0 Å². The van der Waals surface area contributed by atoms with Crippen LogP contribution in [-0.2, 0) is 4.79 Å². The molecule has 0 heterocycles. The van der Waals surface area contributed by atoms with Gasteiger partial charge < -0.3 is 5.11 Å². The van der Waals surface area contributed by atoms with Gasteiger partial charge in [0.1, 0.15) is 6.10 Å². The minimum absolute atomic E-state index is 0.201. The second-order valence-corrected chi connectivity index (χ2v) is 2.03. The Morgan fingerprint density at radius 2 is 2.12 bits per heavy atom. The van der Waals surface area contributed by atoms with Gasteiger partial charge in [0.05, 0.1) is 0 Å². The third kappa shape index (κ3) is 2.07. The van der Waals surface area contributed by atoms with Gasteiger partial charge in [-0.05, 0) is 19.8 Å². The minimum Gasteiger partial charge on any atom is -0.385 e. The van der Waals surface area contributed by atoms with E-state index < -0.39 is 6.10 Å². The van der Waals surface area contributed by atoms with Crippen LogP contribution in [0.25, 0.3) is 0 Å². The van der Waals surface area contributed by atoms with E-state index in [1.54, 1.807) is 6.92 Å². The third-order valence-corrected chi connectivity index (χ3v) is 0.956. The van der Waals surface area contributed by atoms with Crippen molar-refractivity contribution in [2.75, 3.05) is 0 Å². The summed E-state index contributed by atoms with van der Waals surface area (Å²) in [5.74, 6) is -0.417. The molecular weight excluding hydrogens is 104 g/mol. The quantitative estimate of drug-likeness (QED) is 0.565. The first-order valence-corrected chi connectivity index (χ1v) is 2.57. The summed E-state index contributed by atoms with van der Waals surface area (Å²) in [4.78, 5) is 10.3. The molecule has 2 nitrogen and oxygen atoms in total. The van der Waals surface area contributed by atoms with Gasteiger partial charge in [0.15, 0.2) is 5.78 Å². The zero-order valence-electron chi connectivity index (χ0n) is 5.22. The molecule has 0 rings (SSSR count). The lowest BCUT2D eigenvalue weighted by Crippen LogP contribution is -2.23. The average Bonchev–Trinajstić information content (AvgIpc) is 1.64. The summed E-state index contributed by atoms with van der Waals surface area (Å²) in [5, 5.41) is 8.79. The van der Waals surface area contributed by atoms with E-state index in [9.17, 15) is 4.79 Å². The smallest absolute Gasteiger partial charge is 0.158 e. The normalized spacial score (nSPS) is 14.1. The molecule has 0 amide bonds. The summed E-state index contributed by atoms with van der Waals surface area (Å²) in [6, 6.07) is 0.